The first-order valence-corrected chi connectivity index (χ1v) is 6.43. The van der Waals surface area contributed by atoms with E-state index in [4.69, 9.17) is 5.11 Å². The van der Waals surface area contributed by atoms with Crippen molar-refractivity contribution in [2.75, 3.05) is 5.32 Å². The van der Waals surface area contributed by atoms with E-state index in [1.807, 2.05) is 18.2 Å². The number of amides is 1. The van der Waals surface area contributed by atoms with Gasteiger partial charge < -0.3 is 10.4 Å². The molecule has 1 aromatic rings. The third-order valence-electron chi connectivity index (χ3n) is 3.51. The van der Waals surface area contributed by atoms with Crippen LogP contribution in [-0.2, 0) is 9.59 Å². The minimum atomic E-state index is -0.910. The van der Waals surface area contributed by atoms with Gasteiger partial charge in [0.1, 0.15) is 0 Å². The van der Waals surface area contributed by atoms with Crippen molar-refractivity contribution < 1.29 is 14.7 Å². The van der Waals surface area contributed by atoms with Crippen LogP contribution in [0.3, 0.4) is 0 Å². The summed E-state index contributed by atoms with van der Waals surface area (Å²) in [5, 5.41) is 11.8. The van der Waals surface area contributed by atoms with Crippen LogP contribution in [-0.4, -0.2) is 17.0 Å². The van der Waals surface area contributed by atoms with Gasteiger partial charge in [-0.15, -0.1) is 0 Å². The average molecular weight is 312 g/mol. The van der Waals surface area contributed by atoms with E-state index in [0.29, 0.717) is 5.69 Å². The Balaban J connectivity index is 2.11. The van der Waals surface area contributed by atoms with Gasteiger partial charge in [0.15, 0.2) is 0 Å². The van der Waals surface area contributed by atoms with Crippen molar-refractivity contribution in [3.05, 3.63) is 28.7 Å². The first kappa shape index (κ1) is 13.1. The van der Waals surface area contributed by atoms with Gasteiger partial charge in [-0.3, -0.25) is 9.59 Å². The lowest BCUT2D eigenvalue weighted by atomic mass is 10.1. The molecule has 1 aromatic carbocycles. The van der Waals surface area contributed by atoms with Gasteiger partial charge in [0.05, 0.1) is 17.5 Å². The van der Waals surface area contributed by atoms with Crippen LogP contribution in [0.15, 0.2) is 28.7 Å². The van der Waals surface area contributed by atoms with E-state index in [0.717, 1.165) is 4.47 Å². The second-order valence-electron chi connectivity index (χ2n) is 5.08. The van der Waals surface area contributed by atoms with E-state index in [2.05, 4.69) is 21.2 Å². The van der Waals surface area contributed by atoms with Gasteiger partial charge in [-0.2, -0.15) is 0 Å². The first-order chi connectivity index (χ1) is 8.35. The third-order valence-corrected chi connectivity index (χ3v) is 4.20. The molecule has 0 saturated heterocycles. The molecule has 0 spiro atoms. The summed E-state index contributed by atoms with van der Waals surface area (Å²) in [6, 6.07) is 7.25. The summed E-state index contributed by atoms with van der Waals surface area (Å²) in [5.41, 5.74) is 0.186. The fourth-order valence-corrected chi connectivity index (χ4v) is 2.74. The molecule has 2 unspecified atom stereocenters. The molecule has 1 fully saturated rings. The molecule has 1 aliphatic rings. The second kappa shape index (κ2) is 4.39. The molecule has 1 amide bonds. The summed E-state index contributed by atoms with van der Waals surface area (Å²) in [5.74, 6) is -2.21. The summed E-state index contributed by atoms with van der Waals surface area (Å²) in [7, 11) is 0. The molecule has 2 rings (SSSR count). The average Bonchev–Trinajstić information content (AvgIpc) is 2.85. The molecule has 0 aliphatic heterocycles. The fraction of sp³-hybridized carbons (Fsp3) is 0.385. The number of carbonyl (C=O) groups is 2. The lowest BCUT2D eigenvalue weighted by Crippen LogP contribution is -2.17. The number of aliphatic carboxylic acids is 1. The summed E-state index contributed by atoms with van der Waals surface area (Å²) < 4.78 is 0.781. The molecule has 5 heteroatoms. The minimum absolute atomic E-state index is 0.237. The molecule has 0 radical (unpaired) electrons. The number of anilines is 1. The van der Waals surface area contributed by atoms with Crippen LogP contribution in [0, 0.1) is 17.3 Å². The predicted molar refractivity (Wildman–Crippen MR) is 71.2 cm³/mol. The number of carboxylic acid groups (broad SMARTS) is 1. The largest absolute Gasteiger partial charge is 0.481 e. The van der Waals surface area contributed by atoms with Gasteiger partial charge in [-0.25, -0.2) is 0 Å². The minimum Gasteiger partial charge on any atom is -0.481 e. The fourth-order valence-electron chi connectivity index (χ4n) is 2.36. The first-order valence-electron chi connectivity index (χ1n) is 5.64. The quantitative estimate of drug-likeness (QED) is 0.902. The highest BCUT2D eigenvalue weighted by Gasteiger charge is 2.65. The van der Waals surface area contributed by atoms with Crippen molar-refractivity contribution in [3.8, 4) is 0 Å². The monoisotopic (exact) mass is 311 g/mol. The zero-order valence-corrected chi connectivity index (χ0v) is 11.7. The Morgan fingerprint density at radius 1 is 1.28 bits per heavy atom. The number of para-hydroxylation sites is 1. The van der Waals surface area contributed by atoms with Crippen LogP contribution in [0.4, 0.5) is 5.69 Å². The molecule has 1 saturated carbocycles. The number of nitrogens with one attached hydrogen (secondary N) is 1. The van der Waals surface area contributed by atoms with Crippen molar-refractivity contribution in [1.29, 1.82) is 0 Å². The summed E-state index contributed by atoms with van der Waals surface area (Å²) in [6.45, 7) is 3.60. The molecule has 2 atom stereocenters. The molecular formula is C13H14BrNO3. The zero-order chi connectivity index (χ0) is 13.5. The Bertz CT molecular complexity index is 513. The number of benzene rings is 1. The van der Waals surface area contributed by atoms with Crippen molar-refractivity contribution in [2.45, 2.75) is 13.8 Å². The van der Waals surface area contributed by atoms with Gasteiger partial charge in [0, 0.05) is 4.47 Å². The van der Waals surface area contributed by atoms with E-state index in [1.165, 1.54) is 0 Å². The standard InChI is InChI=1S/C13H14BrNO3/c1-13(2)9(10(13)12(17)18)11(16)15-8-6-4-3-5-7(8)14/h3-6,9-10H,1-2H3,(H,15,16)(H,17,18). The zero-order valence-electron chi connectivity index (χ0n) is 10.1. The molecule has 96 valence electrons. The molecule has 4 nitrogen and oxygen atoms in total. The Morgan fingerprint density at radius 2 is 1.89 bits per heavy atom. The number of carboxylic acids is 1. The second-order valence-corrected chi connectivity index (χ2v) is 5.94. The maximum Gasteiger partial charge on any atom is 0.307 e. The molecular weight excluding hydrogens is 298 g/mol. The van der Waals surface area contributed by atoms with E-state index in [1.54, 1.807) is 19.9 Å². The Labute approximate surface area is 114 Å². The highest BCUT2D eigenvalue weighted by Crippen LogP contribution is 2.58. The van der Waals surface area contributed by atoms with Gasteiger partial charge in [0.2, 0.25) is 5.91 Å². The van der Waals surface area contributed by atoms with Crippen LogP contribution in [0.2, 0.25) is 0 Å². The third kappa shape index (κ3) is 2.14. The van der Waals surface area contributed by atoms with Crippen LogP contribution < -0.4 is 5.32 Å². The number of rotatable bonds is 3. The van der Waals surface area contributed by atoms with E-state index in [9.17, 15) is 9.59 Å². The van der Waals surface area contributed by atoms with E-state index in [-0.39, 0.29) is 5.91 Å². The van der Waals surface area contributed by atoms with Crippen molar-refractivity contribution in [1.82, 2.24) is 0 Å². The summed E-state index contributed by atoms with van der Waals surface area (Å²) in [6.07, 6.45) is 0. The molecule has 1 aliphatic carbocycles. The molecule has 0 bridgehead atoms. The van der Waals surface area contributed by atoms with Crippen LogP contribution in [0.5, 0.6) is 0 Å². The topological polar surface area (TPSA) is 66.4 Å². The maximum atomic E-state index is 12.1. The Hall–Kier alpha value is -1.36. The van der Waals surface area contributed by atoms with Gasteiger partial charge in [0.25, 0.3) is 0 Å². The summed E-state index contributed by atoms with van der Waals surface area (Å²) >= 11 is 3.34. The highest BCUT2D eigenvalue weighted by molar-refractivity contribution is 9.10. The van der Waals surface area contributed by atoms with E-state index >= 15 is 0 Å². The lowest BCUT2D eigenvalue weighted by molar-refractivity contribution is -0.140. The predicted octanol–water partition coefficient (Wildman–Crippen LogP) is 2.74. The number of hydrogen-bond donors (Lipinski definition) is 2. The normalized spacial score (nSPS) is 24.4. The molecule has 18 heavy (non-hydrogen) atoms. The van der Waals surface area contributed by atoms with Crippen LogP contribution in [0.25, 0.3) is 0 Å². The van der Waals surface area contributed by atoms with Crippen molar-refractivity contribution in [3.63, 3.8) is 0 Å². The highest BCUT2D eigenvalue weighted by atomic mass is 79.9. The van der Waals surface area contributed by atoms with Gasteiger partial charge in [-0.05, 0) is 33.5 Å². The molecule has 2 N–H and O–H groups in total. The number of carbonyl (C=O) groups excluding carboxylic acids is 1. The summed E-state index contributed by atoms with van der Waals surface area (Å²) in [4.78, 5) is 23.1. The van der Waals surface area contributed by atoms with Crippen LogP contribution in [0.1, 0.15) is 13.8 Å². The van der Waals surface area contributed by atoms with Crippen molar-refractivity contribution >= 4 is 33.5 Å². The van der Waals surface area contributed by atoms with Crippen LogP contribution >= 0.6 is 15.9 Å². The van der Waals surface area contributed by atoms with Gasteiger partial charge >= 0.3 is 5.97 Å². The Kier molecular flexibility index (Phi) is 3.19. The van der Waals surface area contributed by atoms with E-state index < -0.39 is 23.2 Å². The number of halogens is 1. The van der Waals surface area contributed by atoms with Crippen molar-refractivity contribution in [2.24, 2.45) is 17.3 Å². The lowest BCUT2D eigenvalue weighted by Gasteiger charge is -2.07. The smallest absolute Gasteiger partial charge is 0.307 e. The SMILES string of the molecule is CC1(C)C(C(=O)O)C1C(=O)Nc1ccccc1Br. The molecule has 0 aromatic heterocycles. The molecule has 0 heterocycles. The Morgan fingerprint density at radius 3 is 2.39 bits per heavy atom. The number of hydrogen-bond acceptors (Lipinski definition) is 2. The van der Waals surface area contributed by atoms with Gasteiger partial charge in [-0.1, -0.05) is 26.0 Å². The maximum absolute atomic E-state index is 12.1.